The quantitative estimate of drug-likeness (QED) is 0.253. The molecule has 1 heterocycles. The summed E-state index contributed by atoms with van der Waals surface area (Å²) in [6.45, 7) is 0.401. The third kappa shape index (κ3) is 6.43. The van der Waals surface area contributed by atoms with Crippen LogP contribution < -0.4 is 29.6 Å². The molecule has 0 aliphatic carbocycles. The van der Waals surface area contributed by atoms with Gasteiger partial charge in [0.1, 0.15) is 5.75 Å². The number of hydrogen-bond acceptors (Lipinski definition) is 8. The van der Waals surface area contributed by atoms with Crippen molar-refractivity contribution in [3.05, 3.63) is 89.1 Å². The number of nitrogens with one attached hydrogen (secondary N) is 2. The van der Waals surface area contributed by atoms with Crippen molar-refractivity contribution in [1.82, 2.24) is 15.3 Å². The molecule has 0 aliphatic rings. The lowest BCUT2D eigenvalue weighted by molar-refractivity contribution is 0.0919. The molecule has 38 heavy (non-hydrogen) atoms. The number of ether oxygens (including phenoxy) is 4. The first kappa shape index (κ1) is 26.6. The van der Waals surface area contributed by atoms with E-state index in [-0.39, 0.29) is 12.3 Å². The Morgan fingerprint density at radius 1 is 0.921 bits per heavy atom. The average molecular weight is 535 g/mol. The summed E-state index contributed by atoms with van der Waals surface area (Å²) in [6, 6.07) is 20.1. The maximum absolute atomic E-state index is 13.2. The molecule has 9 nitrogen and oxygen atoms in total. The van der Waals surface area contributed by atoms with Crippen LogP contribution in [0.15, 0.2) is 72.9 Å². The normalized spacial score (nSPS) is 10.4. The number of para-hydroxylation sites is 1. The van der Waals surface area contributed by atoms with Gasteiger partial charge in [0.25, 0.3) is 5.91 Å². The Hall–Kier alpha value is -4.50. The van der Waals surface area contributed by atoms with Crippen LogP contribution in [0.2, 0.25) is 5.02 Å². The molecule has 4 aromatic rings. The van der Waals surface area contributed by atoms with Crippen LogP contribution in [0.1, 0.15) is 15.9 Å². The van der Waals surface area contributed by atoms with Gasteiger partial charge in [0.15, 0.2) is 18.2 Å². The van der Waals surface area contributed by atoms with Gasteiger partial charge in [0.2, 0.25) is 11.7 Å². The van der Waals surface area contributed by atoms with Gasteiger partial charge in [-0.3, -0.25) is 4.79 Å². The van der Waals surface area contributed by atoms with Crippen molar-refractivity contribution in [2.24, 2.45) is 0 Å². The van der Waals surface area contributed by atoms with Crippen LogP contribution in [0.25, 0.3) is 11.3 Å². The van der Waals surface area contributed by atoms with Gasteiger partial charge < -0.3 is 29.6 Å². The first-order chi connectivity index (χ1) is 18.5. The van der Waals surface area contributed by atoms with Crippen molar-refractivity contribution in [3.8, 4) is 34.3 Å². The maximum Gasteiger partial charge on any atom is 0.257 e. The number of nitrogens with zero attached hydrogens (tertiary/aromatic N) is 2. The molecule has 10 heteroatoms. The minimum absolute atomic E-state index is 0.0354. The lowest BCUT2D eigenvalue weighted by Crippen LogP contribution is -2.28. The van der Waals surface area contributed by atoms with Gasteiger partial charge in [0.05, 0.1) is 32.6 Å². The molecule has 0 unspecified atom stereocenters. The van der Waals surface area contributed by atoms with E-state index in [4.69, 9.17) is 30.5 Å². The van der Waals surface area contributed by atoms with Gasteiger partial charge in [-0.2, -0.15) is 0 Å². The van der Waals surface area contributed by atoms with E-state index < -0.39 is 5.91 Å². The Balaban J connectivity index is 1.66. The number of amides is 1. The highest BCUT2D eigenvalue weighted by molar-refractivity contribution is 6.30. The first-order valence-corrected chi connectivity index (χ1v) is 12.0. The molecule has 0 fully saturated rings. The third-order valence-corrected chi connectivity index (χ3v) is 5.76. The second-order valence-corrected chi connectivity index (χ2v) is 8.40. The largest absolute Gasteiger partial charge is 0.493 e. The smallest absolute Gasteiger partial charge is 0.257 e. The Bertz CT molecular complexity index is 1380. The monoisotopic (exact) mass is 534 g/mol. The highest BCUT2D eigenvalue weighted by Gasteiger charge is 2.21. The Kier molecular flexibility index (Phi) is 8.84. The zero-order valence-corrected chi connectivity index (χ0v) is 21.9. The average Bonchev–Trinajstić information content (AvgIpc) is 2.95. The summed E-state index contributed by atoms with van der Waals surface area (Å²) < 4.78 is 22.1. The molecular formula is C28H27ClN4O5. The maximum atomic E-state index is 13.2. The molecule has 1 aromatic heterocycles. The van der Waals surface area contributed by atoms with Crippen molar-refractivity contribution in [3.63, 3.8) is 0 Å². The summed E-state index contributed by atoms with van der Waals surface area (Å²) in [5, 5.41) is 6.57. The summed E-state index contributed by atoms with van der Waals surface area (Å²) in [7, 11) is 4.56. The summed E-state index contributed by atoms with van der Waals surface area (Å²) >= 11 is 6.10. The SMILES string of the molecule is COc1cc(-c2nc(NCc3cccc(Cl)c3)ncc2C(=O)NCOc2ccccc2)cc(OC)c1OC. The van der Waals surface area contributed by atoms with E-state index in [1.807, 2.05) is 36.4 Å². The third-order valence-electron chi connectivity index (χ3n) is 5.53. The summed E-state index contributed by atoms with van der Waals surface area (Å²) in [6.07, 6.45) is 1.46. The van der Waals surface area contributed by atoms with E-state index in [1.54, 1.807) is 30.3 Å². The molecule has 4 rings (SSSR count). The number of methoxy groups -OCH3 is 3. The molecule has 0 spiro atoms. The van der Waals surface area contributed by atoms with E-state index in [1.165, 1.54) is 27.5 Å². The molecule has 0 saturated heterocycles. The van der Waals surface area contributed by atoms with Gasteiger partial charge in [-0.15, -0.1) is 0 Å². The molecule has 0 saturated carbocycles. The summed E-state index contributed by atoms with van der Waals surface area (Å²) in [5.41, 5.74) is 2.13. The van der Waals surface area contributed by atoms with Crippen LogP contribution in [0.3, 0.4) is 0 Å². The number of carbonyl (C=O) groups is 1. The second-order valence-electron chi connectivity index (χ2n) is 7.96. The van der Waals surface area contributed by atoms with Crippen LogP contribution in [0.4, 0.5) is 5.95 Å². The zero-order chi connectivity index (χ0) is 26.9. The molecule has 0 aliphatic heterocycles. The van der Waals surface area contributed by atoms with Crippen molar-refractivity contribution in [2.45, 2.75) is 6.54 Å². The van der Waals surface area contributed by atoms with Gasteiger partial charge >= 0.3 is 0 Å². The number of hydrogen-bond donors (Lipinski definition) is 2. The Morgan fingerprint density at radius 3 is 2.32 bits per heavy atom. The van der Waals surface area contributed by atoms with E-state index in [0.717, 1.165) is 5.56 Å². The molecule has 3 aromatic carbocycles. The minimum Gasteiger partial charge on any atom is -0.493 e. The van der Waals surface area contributed by atoms with Crippen LogP contribution in [0, 0.1) is 0 Å². The van der Waals surface area contributed by atoms with E-state index in [9.17, 15) is 4.79 Å². The van der Waals surface area contributed by atoms with E-state index >= 15 is 0 Å². The molecule has 0 bridgehead atoms. The topological polar surface area (TPSA) is 104 Å². The zero-order valence-electron chi connectivity index (χ0n) is 21.2. The fourth-order valence-corrected chi connectivity index (χ4v) is 3.91. The van der Waals surface area contributed by atoms with Crippen molar-refractivity contribution < 1.29 is 23.7 Å². The van der Waals surface area contributed by atoms with Gasteiger partial charge in [-0.1, -0.05) is 41.9 Å². The predicted octanol–water partition coefficient (Wildman–Crippen LogP) is 5.20. The standard InChI is InChI=1S/C28H27ClN4O5/c1-35-23-13-19(14-24(36-2)26(23)37-3)25-22(27(34)32-17-38-21-10-5-4-6-11-21)16-31-28(33-25)30-15-18-8-7-9-20(29)12-18/h4-14,16H,15,17H2,1-3H3,(H,32,34)(H,30,31,33). The number of carbonyl (C=O) groups excluding carboxylic acids is 1. The minimum atomic E-state index is -0.411. The number of rotatable bonds is 11. The lowest BCUT2D eigenvalue weighted by atomic mass is 10.1. The first-order valence-electron chi connectivity index (χ1n) is 11.6. The van der Waals surface area contributed by atoms with Gasteiger partial charge in [0, 0.05) is 23.3 Å². The molecule has 0 radical (unpaired) electrons. The molecule has 0 atom stereocenters. The lowest BCUT2D eigenvalue weighted by Gasteiger charge is -2.16. The van der Waals surface area contributed by atoms with E-state index in [2.05, 4.69) is 20.6 Å². The van der Waals surface area contributed by atoms with Crippen LogP contribution >= 0.6 is 11.6 Å². The fourth-order valence-electron chi connectivity index (χ4n) is 3.70. The van der Waals surface area contributed by atoms with E-state index in [0.29, 0.717) is 51.8 Å². The van der Waals surface area contributed by atoms with Crippen LogP contribution in [-0.4, -0.2) is 43.9 Å². The van der Waals surface area contributed by atoms with Crippen molar-refractivity contribution in [2.75, 3.05) is 33.4 Å². The molecule has 1 amide bonds. The number of anilines is 1. The second kappa shape index (κ2) is 12.6. The highest BCUT2D eigenvalue weighted by Crippen LogP contribution is 2.41. The Labute approximate surface area is 225 Å². The number of halogens is 1. The van der Waals surface area contributed by atoms with Gasteiger partial charge in [-0.05, 0) is 42.0 Å². The molecule has 2 N–H and O–H groups in total. The number of aromatic nitrogens is 2. The summed E-state index contributed by atoms with van der Waals surface area (Å²) in [4.78, 5) is 22.2. The Morgan fingerprint density at radius 2 is 1.66 bits per heavy atom. The van der Waals surface area contributed by atoms with Crippen LogP contribution in [-0.2, 0) is 6.54 Å². The fraction of sp³-hybridized carbons (Fsp3) is 0.179. The molecular weight excluding hydrogens is 508 g/mol. The molecule has 196 valence electrons. The highest BCUT2D eigenvalue weighted by atomic mass is 35.5. The number of benzene rings is 3. The van der Waals surface area contributed by atoms with Crippen molar-refractivity contribution >= 4 is 23.5 Å². The summed E-state index contributed by atoms with van der Waals surface area (Å²) in [5.74, 6) is 1.82. The van der Waals surface area contributed by atoms with Gasteiger partial charge in [-0.25, -0.2) is 9.97 Å². The predicted molar refractivity (Wildman–Crippen MR) is 145 cm³/mol. The van der Waals surface area contributed by atoms with Crippen molar-refractivity contribution in [1.29, 1.82) is 0 Å². The van der Waals surface area contributed by atoms with Crippen LogP contribution in [0.5, 0.6) is 23.0 Å².